The maximum Gasteiger partial charge on any atom is 0.416 e. The number of benzene rings is 3. The van der Waals surface area contributed by atoms with E-state index >= 15 is 0 Å². The summed E-state index contributed by atoms with van der Waals surface area (Å²) < 4.78 is 38.4. The van der Waals surface area contributed by atoms with E-state index in [1.807, 2.05) is 42.5 Å². The molecule has 3 aromatic carbocycles. The van der Waals surface area contributed by atoms with Gasteiger partial charge in [0.05, 0.1) is 5.56 Å². The molecule has 0 aliphatic heterocycles. The molecule has 0 aliphatic carbocycles. The molecule has 0 amide bonds. The van der Waals surface area contributed by atoms with Crippen LogP contribution in [0.5, 0.6) is 0 Å². The van der Waals surface area contributed by atoms with Crippen LogP contribution in [0, 0.1) is 0 Å². The van der Waals surface area contributed by atoms with Crippen LogP contribution >= 0.6 is 0 Å². The Bertz CT molecular complexity index is 1170. The number of alkyl halides is 3. The fourth-order valence-electron chi connectivity index (χ4n) is 3.11. The van der Waals surface area contributed by atoms with Crippen molar-refractivity contribution >= 4 is 16.7 Å². The van der Waals surface area contributed by atoms with Gasteiger partial charge in [0.1, 0.15) is 11.5 Å². The van der Waals surface area contributed by atoms with Crippen molar-refractivity contribution < 1.29 is 23.1 Å². The average molecular weight is 382 g/mol. The number of carboxylic acids is 1. The molecule has 4 rings (SSSR count). The number of halogens is 3. The highest BCUT2D eigenvalue weighted by Gasteiger charge is 2.30. The lowest BCUT2D eigenvalue weighted by Crippen LogP contribution is -2.04. The predicted molar refractivity (Wildman–Crippen MR) is 98.9 cm³/mol. The zero-order valence-corrected chi connectivity index (χ0v) is 14.3. The van der Waals surface area contributed by atoms with E-state index in [-0.39, 0.29) is 17.0 Å². The van der Waals surface area contributed by atoms with Gasteiger partial charge in [-0.2, -0.15) is 13.2 Å². The van der Waals surface area contributed by atoms with Crippen molar-refractivity contribution in [2.24, 2.45) is 0 Å². The molecule has 28 heavy (non-hydrogen) atoms. The Hall–Kier alpha value is -3.61. The normalized spacial score (nSPS) is 11.7. The Balaban J connectivity index is 1.86. The minimum Gasteiger partial charge on any atom is -0.477 e. The number of aromatic carboxylic acids is 1. The van der Waals surface area contributed by atoms with E-state index < -0.39 is 17.7 Å². The van der Waals surface area contributed by atoms with Crippen LogP contribution in [0.15, 0.2) is 66.7 Å². The second-order valence-corrected chi connectivity index (χ2v) is 6.22. The third-order valence-corrected chi connectivity index (χ3v) is 4.45. The number of aromatic amines is 1. The molecule has 0 bridgehead atoms. The van der Waals surface area contributed by atoms with E-state index in [0.717, 1.165) is 22.9 Å². The largest absolute Gasteiger partial charge is 0.477 e. The lowest BCUT2D eigenvalue weighted by Gasteiger charge is -2.07. The van der Waals surface area contributed by atoms with Crippen molar-refractivity contribution in [2.75, 3.05) is 0 Å². The minimum atomic E-state index is -4.46. The Morgan fingerprint density at radius 3 is 2.29 bits per heavy atom. The summed E-state index contributed by atoms with van der Waals surface area (Å²) >= 11 is 0. The highest BCUT2D eigenvalue weighted by molar-refractivity contribution is 5.98. The molecule has 1 aromatic heterocycles. The monoisotopic (exact) mass is 382 g/mol. The average Bonchev–Trinajstić information content (AvgIpc) is 3.12. The molecule has 1 heterocycles. The number of hydrogen-bond donors (Lipinski definition) is 2. The molecule has 2 N–H and O–H groups in total. The first-order chi connectivity index (χ1) is 13.3. The standard InChI is InChI=1S/C21H13F3N2O2/c22-21(23,24)14-10-8-13(9-11-14)17-18(20(27)28)26-19(25-17)16-7-3-5-12-4-1-2-6-15(12)16/h1-11H,(H,25,26)(H,27,28). The van der Waals surface area contributed by atoms with E-state index in [2.05, 4.69) is 9.97 Å². The van der Waals surface area contributed by atoms with Gasteiger partial charge in [0, 0.05) is 11.1 Å². The van der Waals surface area contributed by atoms with Crippen LogP contribution in [0.4, 0.5) is 13.2 Å². The van der Waals surface area contributed by atoms with Crippen molar-refractivity contribution in [1.82, 2.24) is 9.97 Å². The number of carbonyl (C=O) groups is 1. The first-order valence-corrected chi connectivity index (χ1v) is 8.33. The number of fused-ring (bicyclic) bond motifs is 1. The second kappa shape index (κ2) is 6.53. The fraction of sp³-hybridized carbons (Fsp3) is 0.0476. The third-order valence-electron chi connectivity index (χ3n) is 4.45. The fourth-order valence-corrected chi connectivity index (χ4v) is 3.11. The lowest BCUT2D eigenvalue weighted by atomic mass is 10.0. The van der Waals surface area contributed by atoms with Gasteiger partial charge in [0.2, 0.25) is 0 Å². The quantitative estimate of drug-likeness (QED) is 0.484. The number of carboxylic acid groups (broad SMARTS) is 1. The predicted octanol–water partition coefficient (Wildman–Crippen LogP) is 5.61. The van der Waals surface area contributed by atoms with Crippen LogP contribution in [0.25, 0.3) is 33.4 Å². The number of aromatic nitrogens is 2. The summed E-state index contributed by atoms with van der Waals surface area (Å²) in [6.45, 7) is 0. The van der Waals surface area contributed by atoms with Gasteiger partial charge in [0.25, 0.3) is 0 Å². The molecule has 140 valence electrons. The van der Waals surface area contributed by atoms with Gasteiger partial charge >= 0.3 is 12.1 Å². The van der Waals surface area contributed by atoms with Gasteiger partial charge < -0.3 is 10.1 Å². The van der Waals surface area contributed by atoms with Crippen molar-refractivity contribution in [3.63, 3.8) is 0 Å². The summed E-state index contributed by atoms with van der Waals surface area (Å²) in [6.07, 6.45) is -4.46. The zero-order chi connectivity index (χ0) is 19.9. The molecule has 4 aromatic rings. The van der Waals surface area contributed by atoms with E-state index in [0.29, 0.717) is 11.4 Å². The van der Waals surface area contributed by atoms with Crippen molar-refractivity contribution in [3.8, 4) is 22.6 Å². The van der Waals surface area contributed by atoms with Crippen LogP contribution in [0.2, 0.25) is 0 Å². The first-order valence-electron chi connectivity index (χ1n) is 8.33. The van der Waals surface area contributed by atoms with Crippen LogP contribution in [0.3, 0.4) is 0 Å². The maximum absolute atomic E-state index is 12.8. The molecule has 0 aliphatic rings. The molecule has 0 radical (unpaired) electrons. The number of nitrogens with one attached hydrogen (secondary N) is 1. The number of hydrogen-bond acceptors (Lipinski definition) is 2. The van der Waals surface area contributed by atoms with Crippen LogP contribution in [-0.2, 0) is 6.18 Å². The summed E-state index contributed by atoms with van der Waals surface area (Å²) in [4.78, 5) is 18.9. The molecule has 0 fully saturated rings. The number of rotatable bonds is 3. The summed E-state index contributed by atoms with van der Waals surface area (Å²) in [7, 11) is 0. The third kappa shape index (κ3) is 3.11. The van der Waals surface area contributed by atoms with E-state index in [1.54, 1.807) is 0 Å². The number of nitrogens with zero attached hydrogens (tertiary/aromatic N) is 1. The van der Waals surface area contributed by atoms with E-state index in [9.17, 15) is 23.1 Å². The number of H-pyrrole nitrogens is 1. The first kappa shape index (κ1) is 17.8. The molecular weight excluding hydrogens is 369 g/mol. The summed E-state index contributed by atoms with van der Waals surface area (Å²) in [5.41, 5.74) is 0.0942. The van der Waals surface area contributed by atoms with Crippen LogP contribution < -0.4 is 0 Å². The Morgan fingerprint density at radius 1 is 0.929 bits per heavy atom. The van der Waals surface area contributed by atoms with Crippen molar-refractivity contribution in [3.05, 3.63) is 78.0 Å². The number of imidazole rings is 1. The van der Waals surface area contributed by atoms with Gasteiger partial charge in [-0.3, -0.25) is 0 Å². The minimum absolute atomic E-state index is 0.0872. The van der Waals surface area contributed by atoms with Crippen LogP contribution in [-0.4, -0.2) is 21.0 Å². The molecular formula is C21H13F3N2O2. The van der Waals surface area contributed by atoms with E-state index in [1.165, 1.54) is 12.1 Å². The Labute approximate surface area is 157 Å². The summed E-state index contributed by atoms with van der Waals surface area (Å²) in [5, 5.41) is 11.4. The Kier molecular flexibility index (Phi) is 4.15. The van der Waals surface area contributed by atoms with E-state index in [4.69, 9.17) is 0 Å². The van der Waals surface area contributed by atoms with Crippen molar-refractivity contribution in [2.45, 2.75) is 6.18 Å². The molecule has 7 heteroatoms. The zero-order valence-electron chi connectivity index (χ0n) is 14.3. The molecule has 0 saturated heterocycles. The molecule has 4 nitrogen and oxygen atoms in total. The van der Waals surface area contributed by atoms with Gasteiger partial charge in [0.15, 0.2) is 5.69 Å². The second-order valence-electron chi connectivity index (χ2n) is 6.22. The molecule has 0 saturated carbocycles. The molecule has 0 unspecified atom stereocenters. The molecule has 0 atom stereocenters. The van der Waals surface area contributed by atoms with Crippen LogP contribution in [0.1, 0.15) is 16.1 Å². The smallest absolute Gasteiger partial charge is 0.416 e. The lowest BCUT2D eigenvalue weighted by molar-refractivity contribution is -0.137. The maximum atomic E-state index is 12.8. The topological polar surface area (TPSA) is 66.0 Å². The Morgan fingerprint density at radius 2 is 1.61 bits per heavy atom. The molecule has 0 spiro atoms. The SMILES string of the molecule is O=C(O)c1[nH]c(-c2cccc3ccccc23)nc1-c1ccc(C(F)(F)F)cc1. The summed E-state index contributed by atoms with van der Waals surface area (Å²) in [5.74, 6) is -0.905. The van der Waals surface area contributed by atoms with Crippen molar-refractivity contribution in [1.29, 1.82) is 0 Å². The van der Waals surface area contributed by atoms with Gasteiger partial charge in [-0.05, 0) is 22.9 Å². The van der Waals surface area contributed by atoms with Gasteiger partial charge in [-0.15, -0.1) is 0 Å². The summed E-state index contributed by atoms with van der Waals surface area (Å²) in [6, 6.07) is 17.4. The van der Waals surface area contributed by atoms with Gasteiger partial charge in [-0.1, -0.05) is 54.6 Å². The highest BCUT2D eigenvalue weighted by atomic mass is 19.4. The van der Waals surface area contributed by atoms with Gasteiger partial charge in [-0.25, -0.2) is 9.78 Å². The highest BCUT2D eigenvalue weighted by Crippen LogP contribution is 2.33.